The van der Waals surface area contributed by atoms with Gasteiger partial charge in [0.1, 0.15) is 35.4 Å². The molecular formula is C19H23N5O7S. The van der Waals surface area contributed by atoms with Crippen LogP contribution in [0.25, 0.3) is 11.2 Å². The van der Waals surface area contributed by atoms with Gasteiger partial charge in [0.25, 0.3) is 10.1 Å². The van der Waals surface area contributed by atoms with Gasteiger partial charge in [-0.05, 0) is 12.0 Å². The van der Waals surface area contributed by atoms with Crippen molar-refractivity contribution in [3.63, 3.8) is 0 Å². The van der Waals surface area contributed by atoms with E-state index in [0.717, 1.165) is 0 Å². The highest BCUT2D eigenvalue weighted by Gasteiger charge is 2.44. The molecular weight excluding hydrogens is 442 g/mol. The fraction of sp³-hybridized carbons (Fsp3) is 0.421. The SMILES string of the molecule is Nc1ncnc2c1ncn2[C@@H]1O[C@H](COCCC(c2ccccc2)S(=O)(=O)O)[C@@H](O)[C@H]1O. The molecule has 0 radical (unpaired) electrons. The lowest BCUT2D eigenvalue weighted by Crippen LogP contribution is -2.34. The molecule has 1 aromatic carbocycles. The average Bonchev–Trinajstić information content (AvgIpc) is 3.30. The number of benzene rings is 1. The van der Waals surface area contributed by atoms with Crippen molar-refractivity contribution in [3.05, 3.63) is 48.5 Å². The average molecular weight is 465 g/mol. The van der Waals surface area contributed by atoms with Gasteiger partial charge < -0.3 is 25.4 Å². The Balaban J connectivity index is 1.38. The normalized spacial score (nSPS) is 24.7. The Morgan fingerprint density at radius 1 is 1.16 bits per heavy atom. The highest BCUT2D eigenvalue weighted by atomic mass is 32.2. The van der Waals surface area contributed by atoms with Crippen LogP contribution in [0.1, 0.15) is 23.5 Å². The lowest BCUT2D eigenvalue weighted by Gasteiger charge is -2.17. The number of aliphatic hydroxyl groups is 2. The summed E-state index contributed by atoms with van der Waals surface area (Å²) in [7, 11) is -4.33. The first-order valence-electron chi connectivity index (χ1n) is 9.81. The number of nitrogen functional groups attached to an aromatic ring is 1. The fourth-order valence-corrected chi connectivity index (χ4v) is 4.59. The zero-order valence-electron chi connectivity index (χ0n) is 16.8. The number of aromatic nitrogens is 4. The van der Waals surface area contributed by atoms with Gasteiger partial charge in [0.15, 0.2) is 17.7 Å². The van der Waals surface area contributed by atoms with Crippen molar-refractivity contribution in [2.45, 2.75) is 36.2 Å². The lowest BCUT2D eigenvalue weighted by atomic mass is 10.1. The van der Waals surface area contributed by atoms with Gasteiger partial charge >= 0.3 is 0 Å². The number of anilines is 1. The van der Waals surface area contributed by atoms with Gasteiger partial charge in [0.05, 0.1) is 12.9 Å². The first-order valence-corrected chi connectivity index (χ1v) is 11.3. The van der Waals surface area contributed by atoms with Gasteiger partial charge in [-0.3, -0.25) is 9.12 Å². The molecule has 5 atom stereocenters. The third-order valence-corrected chi connectivity index (χ3v) is 6.56. The third-order valence-electron chi connectivity index (χ3n) is 5.34. The molecule has 0 amide bonds. The topological polar surface area (TPSA) is 183 Å². The summed E-state index contributed by atoms with van der Waals surface area (Å²) < 4.78 is 45.8. The van der Waals surface area contributed by atoms with E-state index in [1.165, 1.54) is 17.2 Å². The third kappa shape index (κ3) is 4.44. The van der Waals surface area contributed by atoms with Crippen LogP contribution in [0.3, 0.4) is 0 Å². The van der Waals surface area contributed by atoms with Crippen LogP contribution in [0.2, 0.25) is 0 Å². The van der Waals surface area contributed by atoms with Crippen LogP contribution in [0.4, 0.5) is 5.82 Å². The highest BCUT2D eigenvalue weighted by molar-refractivity contribution is 7.86. The van der Waals surface area contributed by atoms with Gasteiger partial charge in [-0.25, -0.2) is 15.0 Å². The summed E-state index contributed by atoms with van der Waals surface area (Å²) in [6.07, 6.45) is -1.77. The molecule has 3 aromatic rings. The maximum absolute atomic E-state index is 11.8. The van der Waals surface area contributed by atoms with Crippen molar-refractivity contribution in [3.8, 4) is 0 Å². The van der Waals surface area contributed by atoms with Crippen LogP contribution in [0.15, 0.2) is 43.0 Å². The van der Waals surface area contributed by atoms with Crippen LogP contribution in [-0.2, 0) is 19.6 Å². The Hall–Kier alpha value is -2.68. The molecule has 5 N–H and O–H groups in total. The number of ether oxygens (including phenoxy) is 2. The van der Waals surface area contributed by atoms with Gasteiger partial charge in [-0.2, -0.15) is 8.42 Å². The predicted octanol–water partition coefficient (Wildman–Crippen LogP) is 0.0635. The minimum Gasteiger partial charge on any atom is -0.387 e. The molecule has 13 heteroatoms. The standard InChI is InChI=1S/C19H23N5O7S/c20-17-14-18(22-9-21-17)24(10-23-14)19-16(26)15(25)12(31-19)8-30-7-6-13(32(27,28)29)11-4-2-1-3-5-11/h1-5,9-10,12-13,15-16,19,25-26H,6-8H2,(H2,20,21,22)(H,27,28,29)/t12-,13?,15-,16-,19-/m1/s1. The zero-order chi connectivity index (χ0) is 22.9. The first-order chi connectivity index (χ1) is 15.3. The van der Waals surface area contributed by atoms with Crippen molar-refractivity contribution >= 4 is 27.1 Å². The van der Waals surface area contributed by atoms with E-state index >= 15 is 0 Å². The number of nitrogens with two attached hydrogens (primary N) is 1. The summed E-state index contributed by atoms with van der Waals surface area (Å²) in [6.45, 7) is -0.129. The number of rotatable bonds is 8. The van der Waals surface area contributed by atoms with E-state index in [9.17, 15) is 23.2 Å². The van der Waals surface area contributed by atoms with Crippen molar-refractivity contribution in [2.75, 3.05) is 18.9 Å². The van der Waals surface area contributed by atoms with E-state index < -0.39 is 39.9 Å². The minimum absolute atomic E-state index is 0.000000960. The smallest absolute Gasteiger partial charge is 0.272 e. The number of nitrogens with zero attached hydrogens (tertiary/aromatic N) is 4. The maximum Gasteiger partial charge on any atom is 0.272 e. The molecule has 12 nitrogen and oxygen atoms in total. The van der Waals surface area contributed by atoms with Crippen molar-refractivity contribution < 1.29 is 32.7 Å². The highest BCUT2D eigenvalue weighted by Crippen LogP contribution is 2.32. The van der Waals surface area contributed by atoms with Gasteiger partial charge in [-0.1, -0.05) is 30.3 Å². The predicted molar refractivity (Wildman–Crippen MR) is 112 cm³/mol. The van der Waals surface area contributed by atoms with E-state index in [-0.39, 0.29) is 25.5 Å². The maximum atomic E-state index is 11.8. The van der Waals surface area contributed by atoms with E-state index in [2.05, 4.69) is 15.0 Å². The Kier molecular flexibility index (Phi) is 6.37. The monoisotopic (exact) mass is 465 g/mol. The molecule has 1 unspecified atom stereocenters. The van der Waals surface area contributed by atoms with Crippen LogP contribution in [0, 0.1) is 0 Å². The van der Waals surface area contributed by atoms with E-state index in [4.69, 9.17) is 15.2 Å². The van der Waals surface area contributed by atoms with Crippen LogP contribution < -0.4 is 5.73 Å². The molecule has 1 saturated heterocycles. The molecule has 1 aliphatic rings. The summed E-state index contributed by atoms with van der Waals surface area (Å²) in [5.74, 6) is 0.175. The molecule has 3 heterocycles. The van der Waals surface area contributed by atoms with Crippen molar-refractivity contribution in [2.24, 2.45) is 0 Å². The van der Waals surface area contributed by atoms with Crippen LogP contribution in [-0.4, -0.2) is 74.2 Å². The quantitative estimate of drug-likeness (QED) is 0.261. The molecule has 4 rings (SSSR count). The molecule has 172 valence electrons. The molecule has 2 aromatic heterocycles. The second-order valence-corrected chi connectivity index (χ2v) is 9.01. The van der Waals surface area contributed by atoms with Gasteiger partial charge in [0, 0.05) is 6.61 Å². The number of fused-ring (bicyclic) bond motifs is 1. The molecule has 0 aliphatic carbocycles. The molecule has 32 heavy (non-hydrogen) atoms. The van der Waals surface area contributed by atoms with Crippen LogP contribution in [0.5, 0.6) is 0 Å². The summed E-state index contributed by atoms with van der Waals surface area (Å²) in [6, 6.07) is 8.31. The van der Waals surface area contributed by atoms with Crippen molar-refractivity contribution in [1.82, 2.24) is 19.5 Å². The van der Waals surface area contributed by atoms with Gasteiger partial charge in [-0.15, -0.1) is 0 Å². The number of imidazole rings is 1. The summed E-state index contributed by atoms with van der Waals surface area (Å²) >= 11 is 0. The van der Waals surface area contributed by atoms with E-state index in [0.29, 0.717) is 16.7 Å². The molecule has 1 fully saturated rings. The Bertz CT molecular complexity index is 1170. The molecule has 1 aliphatic heterocycles. The number of aliphatic hydroxyl groups excluding tert-OH is 2. The number of hydrogen-bond donors (Lipinski definition) is 4. The zero-order valence-corrected chi connectivity index (χ0v) is 17.6. The molecule has 0 saturated carbocycles. The van der Waals surface area contributed by atoms with E-state index in [1.54, 1.807) is 30.3 Å². The molecule has 0 spiro atoms. The van der Waals surface area contributed by atoms with Crippen molar-refractivity contribution in [1.29, 1.82) is 0 Å². The lowest BCUT2D eigenvalue weighted by molar-refractivity contribution is -0.0656. The minimum atomic E-state index is -4.33. The largest absolute Gasteiger partial charge is 0.387 e. The second kappa shape index (κ2) is 9.05. The van der Waals surface area contributed by atoms with Gasteiger partial charge in [0.2, 0.25) is 0 Å². The van der Waals surface area contributed by atoms with E-state index in [1.807, 2.05) is 0 Å². The Morgan fingerprint density at radius 3 is 2.62 bits per heavy atom. The fourth-order valence-electron chi connectivity index (χ4n) is 3.70. The Morgan fingerprint density at radius 2 is 1.91 bits per heavy atom. The molecule has 0 bridgehead atoms. The Labute approximate surface area is 183 Å². The number of hydrogen-bond acceptors (Lipinski definition) is 10. The first kappa shape index (κ1) is 22.5. The summed E-state index contributed by atoms with van der Waals surface area (Å²) in [4.78, 5) is 12.1. The summed E-state index contributed by atoms with van der Waals surface area (Å²) in [5, 5.41) is 19.7. The van der Waals surface area contributed by atoms with Crippen LogP contribution >= 0.6 is 0 Å². The second-order valence-electron chi connectivity index (χ2n) is 7.41. The summed E-state index contributed by atoms with van der Waals surface area (Å²) in [5.41, 5.74) is 6.90.